The normalized spacial score (nSPS) is 20.4. The van der Waals surface area contributed by atoms with Crippen LogP contribution in [-0.2, 0) is 9.84 Å². The van der Waals surface area contributed by atoms with Crippen molar-refractivity contribution in [2.24, 2.45) is 5.92 Å². The lowest BCUT2D eigenvalue weighted by Crippen LogP contribution is -2.19. The molecule has 1 heterocycles. The number of hydrogen-bond donors (Lipinski definition) is 1. The lowest BCUT2D eigenvalue weighted by atomic mass is 9.94. The lowest BCUT2D eigenvalue weighted by Gasteiger charge is -2.23. The minimum Gasteiger partial charge on any atom is -0.393 e. The van der Waals surface area contributed by atoms with E-state index in [0.29, 0.717) is 18.8 Å². The van der Waals surface area contributed by atoms with Gasteiger partial charge in [0.05, 0.1) is 11.9 Å². The average Bonchev–Trinajstić information content (AvgIpc) is 2.30. The lowest BCUT2D eigenvalue weighted by molar-refractivity contribution is 0.130. The van der Waals surface area contributed by atoms with Gasteiger partial charge in [-0.2, -0.15) is 11.8 Å². The number of thioether (sulfide) groups is 1. The van der Waals surface area contributed by atoms with E-state index in [1.165, 1.54) is 24.3 Å². The molecule has 0 aromatic rings. The van der Waals surface area contributed by atoms with Crippen LogP contribution in [0.1, 0.15) is 39.0 Å². The van der Waals surface area contributed by atoms with E-state index in [1.807, 2.05) is 11.8 Å². The summed E-state index contributed by atoms with van der Waals surface area (Å²) in [6.07, 6.45) is 4.17. The standard InChI is InChI=1S/C12H24O3S2/c1-2-17(14,15)9-3-4-12(13)10-11-5-7-16-8-6-11/h11-13H,2-10H2,1H3. The third kappa shape index (κ3) is 6.67. The maximum Gasteiger partial charge on any atom is 0.150 e. The van der Waals surface area contributed by atoms with E-state index in [2.05, 4.69) is 0 Å². The molecule has 1 unspecified atom stereocenters. The Labute approximate surface area is 109 Å². The third-order valence-corrected chi connectivity index (χ3v) is 6.22. The molecule has 0 amide bonds. The van der Waals surface area contributed by atoms with Gasteiger partial charge in [0.25, 0.3) is 0 Å². The zero-order chi connectivity index (χ0) is 12.7. The van der Waals surface area contributed by atoms with Crippen LogP contribution in [0.4, 0.5) is 0 Å². The van der Waals surface area contributed by atoms with Crippen LogP contribution in [0.5, 0.6) is 0 Å². The maximum absolute atomic E-state index is 11.3. The summed E-state index contributed by atoms with van der Waals surface area (Å²) in [4.78, 5) is 0. The summed E-state index contributed by atoms with van der Waals surface area (Å²) in [6, 6.07) is 0. The first-order valence-electron chi connectivity index (χ1n) is 6.49. The van der Waals surface area contributed by atoms with Gasteiger partial charge in [0, 0.05) is 5.75 Å². The first kappa shape index (κ1) is 15.3. The second-order valence-corrected chi connectivity index (χ2v) is 8.52. The van der Waals surface area contributed by atoms with Gasteiger partial charge < -0.3 is 5.11 Å². The van der Waals surface area contributed by atoms with E-state index in [4.69, 9.17) is 0 Å². The molecular weight excluding hydrogens is 256 g/mol. The predicted octanol–water partition coefficient (Wildman–Crippen LogP) is 2.10. The molecule has 17 heavy (non-hydrogen) atoms. The number of sulfone groups is 1. The zero-order valence-corrected chi connectivity index (χ0v) is 12.2. The Morgan fingerprint density at radius 3 is 2.59 bits per heavy atom. The molecule has 1 aliphatic heterocycles. The second-order valence-electron chi connectivity index (χ2n) is 4.82. The second kappa shape index (κ2) is 7.64. The van der Waals surface area contributed by atoms with Crippen molar-refractivity contribution in [3.05, 3.63) is 0 Å². The highest BCUT2D eigenvalue weighted by Crippen LogP contribution is 2.27. The van der Waals surface area contributed by atoms with Gasteiger partial charge in [-0.25, -0.2) is 8.42 Å². The number of aliphatic hydroxyl groups excluding tert-OH is 1. The van der Waals surface area contributed by atoms with Crippen LogP contribution < -0.4 is 0 Å². The van der Waals surface area contributed by atoms with Crippen molar-refractivity contribution in [2.45, 2.75) is 45.1 Å². The zero-order valence-electron chi connectivity index (χ0n) is 10.6. The first-order valence-corrected chi connectivity index (χ1v) is 9.47. The fourth-order valence-electron chi connectivity index (χ4n) is 2.17. The first-order chi connectivity index (χ1) is 8.03. The van der Waals surface area contributed by atoms with Crippen LogP contribution in [0.25, 0.3) is 0 Å². The molecule has 0 bridgehead atoms. The summed E-state index contributed by atoms with van der Waals surface area (Å²) in [7, 11) is -2.86. The smallest absolute Gasteiger partial charge is 0.150 e. The van der Waals surface area contributed by atoms with Crippen LogP contribution in [0.15, 0.2) is 0 Å². The molecule has 1 N–H and O–H groups in total. The molecule has 1 saturated heterocycles. The Morgan fingerprint density at radius 2 is 2.00 bits per heavy atom. The van der Waals surface area contributed by atoms with Crippen molar-refractivity contribution in [3.8, 4) is 0 Å². The van der Waals surface area contributed by atoms with E-state index in [9.17, 15) is 13.5 Å². The Morgan fingerprint density at radius 1 is 1.35 bits per heavy atom. The number of rotatable bonds is 7. The molecule has 1 atom stereocenters. The van der Waals surface area contributed by atoms with Crippen molar-refractivity contribution < 1.29 is 13.5 Å². The molecular formula is C12H24O3S2. The minimum absolute atomic E-state index is 0.211. The Bertz CT molecular complexity index is 295. The van der Waals surface area contributed by atoms with E-state index < -0.39 is 9.84 Å². The van der Waals surface area contributed by atoms with Gasteiger partial charge in [-0.3, -0.25) is 0 Å². The van der Waals surface area contributed by atoms with E-state index >= 15 is 0 Å². The molecule has 0 radical (unpaired) electrons. The largest absolute Gasteiger partial charge is 0.393 e. The Kier molecular flexibility index (Phi) is 6.89. The molecule has 1 aliphatic rings. The summed E-state index contributed by atoms with van der Waals surface area (Å²) in [6.45, 7) is 1.67. The highest BCUT2D eigenvalue weighted by Gasteiger charge is 2.18. The molecule has 1 fully saturated rings. The Hall–Kier alpha value is 0.260. The molecule has 0 aromatic carbocycles. The van der Waals surface area contributed by atoms with Crippen molar-refractivity contribution in [1.29, 1.82) is 0 Å². The maximum atomic E-state index is 11.3. The average molecular weight is 280 g/mol. The molecule has 5 heteroatoms. The van der Waals surface area contributed by atoms with E-state index in [0.717, 1.165) is 6.42 Å². The Balaban J connectivity index is 2.14. The van der Waals surface area contributed by atoms with Crippen molar-refractivity contribution in [1.82, 2.24) is 0 Å². The van der Waals surface area contributed by atoms with Crippen LogP contribution in [0.2, 0.25) is 0 Å². The van der Waals surface area contributed by atoms with Crippen molar-refractivity contribution in [2.75, 3.05) is 23.0 Å². The molecule has 0 saturated carbocycles. The molecule has 102 valence electrons. The minimum atomic E-state index is -2.86. The summed E-state index contributed by atoms with van der Waals surface area (Å²) in [5, 5.41) is 9.87. The van der Waals surface area contributed by atoms with Crippen molar-refractivity contribution in [3.63, 3.8) is 0 Å². The molecule has 1 rings (SSSR count). The topological polar surface area (TPSA) is 54.4 Å². The summed E-state index contributed by atoms with van der Waals surface area (Å²) in [5.41, 5.74) is 0. The molecule has 0 spiro atoms. The number of hydrogen-bond acceptors (Lipinski definition) is 4. The molecule has 0 aromatic heterocycles. The van der Waals surface area contributed by atoms with Gasteiger partial charge in [-0.05, 0) is 49.5 Å². The van der Waals surface area contributed by atoms with Crippen molar-refractivity contribution >= 4 is 21.6 Å². The summed E-state index contributed by atoms with van der Waals surface area (Å²) >= 11 is 1.99. The molecule has 0 aliphatic carbocycles. The SMILES string of the molecule is CCS(=O)(=O)CCCC(O)CC1CCSCC1. The van der Waals surface area contributed by atoms with E-state index in [-0.39, 0.29) is 17.6 Å². The van der Waals surface area contributed by atoms with Gasteiger partial charge in [0.1, 0.15) is 9.84 Å². The van der Waals surface area contributed by atoms with Gasteiger partial charge in [-0.1, -0.05) is 6.92 Å². The van der Waals surface area contributed by atoms with Crippen LogP contribution >= 0.6 is 11.8 Å². The fraction of sp³-hybridized carbons (Fsp3) is 1.00. The predicted molar refractivity (Wildman–Crippen MR) is 74.2 cm³/mol. The summed E-state index contributed by atoms with van der Waals surface area (Å²) in [5.74, 6) is 3.50. The van der Waals surface area contributed by atoms with Crippen LogP contribution in [0, 0.1) is 5.92 Å². The summed E-state index contributed by atoms with van der Waals surface area (Å²) < 4.78 is 22.6. The monoisotopic (exact) mass is 280 g/mol. The third-order valence-electron chi connectivity index (χ3n) is 3.38. The number of aliphatic hydroxyl groups is 1. The van der Waals surface area contributed by atoms with E-state index in [1.54, 1.807) is 6.92 Å². The van der Waals surface area contributed by atoms with Gasteiger partial charge in [0.2, 0.25) is 0 Å². The van der Waals surface area contributed by atoms with Crippen LogP contribution in [-0.4, -0.2) is 42.6 Å². The van der Waals surface area contributed by atoms with Crippen LogP contribution in [0.3, 0.4) is 0 Å². The highest BCUT2D eigenvalue weighted by atomic mass is 32.2. The van der Waals surface area contributed by atoms with Gasteiger partial charge in [0.15, 0.2) is 0 Å². The molecule has 3 nitrogen and oxygen atoms in total. The fourth-order valence-corrected chi connectivity index (χ4v) is 4.27. The van der Waals surface area contributed by atoms with Gasteiger partial charge >= 0.3 is 0 Å². The quantitative estimate of drug-likeness (QED) is 0.776. The van der Waals surface area contributed by atoms with Gasteiger partial charge in [-0.15, -0.1) is 0 Å². The highest BCUT2D eigenvalue weighted by molar-refractivity contribution is 7.99.